The first-order valence-corrected chi connectivity index (χ1v) is 17.3. The summed E-state index contributed by atoms with van der Waals surface area (Å²) in [7, 11) is -0.771. The molecule has 0 aromatic heterocycles. The Kier molecular flexibility index (Phi) is 8.22. The molecule has 3 heterocycles. The number of anilines is 2. The quantitative estimate of drug-likeness (QED) is 0.0860. The summed E-state index contributed by atoms with van der Waals surface area (Å²) in [4.78, 5) is 16.6. The van der Waals surface area contributed by atoms with Crippen LogP contribution >= 0.6 is 12.0 Å². The molecule has 1 N–H and O–H groups in total. The van der Waals surface area contributed by atoms with Crippen LogP contribution in [0.25, 0.3) is 11.1 Å². The molecule has 0 amide bonds. The van der Waals surface area contributed by atoms with Gasteiger partial charge in [0, 0.05) is 89.1 Å². The fourth-order valence-electron chi connectivity index (χ4n) is 6.79. The number of carbonyl (C=O) groups excluding carboxylic acids is 1. The predicted octanol–water partition coefficient (Wildman–Crippen LogP) is 5.17. The predicted molar refractivity (Wildman–Crippen MR) is 177 cm³/mol. The second kappa shape index (κ2) is 11.7. The molecular formula is C34H34N2O9S2-2. The van der Waals surface area contributed by atoms with Crippen molar-refractivity contribution in [3.8, 4) is 11.5 Å². The molecule has 0 radical (unpaired) electrons. The van der Waals surface area contributed by atoms with Crippen LogP contribution in [0.1, 0.15) is 71.8 Å². The molecule has 13 heteroatoms. The maximum atomic E-state index is 12.5. The summed E-state index contributed by atoms with van der Waals surface area (Å²) in [6.45, 7) is 7.98. The van der Waals surface area contributed by atoms with Crippen molar-refractivity contribution in [1.82, 2.24) is 0 Å². The van der Waals surface area contributed by atoms with E-state index < -0.39 is 38.8 Å². The Balaban J connectivity index is 1.63. The van der Waals surface area contributed by atoms with Crippen molar-refractivity contribution >= 4 is 50.7 Å². The topological polar surface area (TPSA) is 152 Å². The maximum Gasteiger partial charge on any atom is 0.133 e. The molecule has 6 rings (SSSR count). The van der Waals surface area contributed by atoms with E-state index in [0.29, 0.717) is 50.8 Å². The van der Waals surface area contributed by atoms with Crippen LogP contribution in [0.4, 0.5) is 11.4 Å². The summed E-state index contributed by atoms with van der Waals surface area (Å²) in [6, 6.07) is 14.1. The van der Waals surface area contributed by atoms with Gasteiger partial charge >= 0.3 is 0 Å². The second-order valence-electron chi connectivity index (χ2n) is 13.1. The van der Waals surface area contributed by atoms with Crippen molar-refractivity contribution in [1.29, 1.82) is 0 Å². The normalized spacial score (nSPS) is 19.0. The van der Waals surface area contributed by atoms with Gasteiger partial charge in [0.1, 0.15) is 11.5 Å². The van der Waals surface area contributed by atoms with E-state index in [0.717, 1.165) is 28.9 Å². The van der Waals surface area contributed by atoms with Gasteiger partial charge in [0.2, 0.25) is 0 Å². The molecule has 248 valence electrons. The van der Waals surface area contributed by atoms with Crippen molar-refractivity contribution in [2.75, 3.05) is 35.4 Å². The van der Waals surface area contributed by atoms with Gasteiger partial charge in [0.25, 0.3) is 0 Å². The van der Waals surface area contributed by atoms with Crippen LogP contribution in [0.15, 0.2) is 60.7 Å². The van der Waals surface area contributed by atoms with Crippen molar-refractivity contribution in [3.63, 3.8) is 0 Å². The Bertz CT molecular complexity index is 1970. The minimum atomic E-state index is -4.63. The Hall–Kier alpha value is -3.85. The number of hydrogen-bond acceptors (Lipinski definition) is 12. The summed E-state index contributed by atoms with van der Waals surface area (Å²) in [6.07, 6.45) is 3.87. The Morgan fingerprint density at radius 2 is 1.45 bits per heavy atom. The van der Waals surface area contributed by atoms with E-state index in [1.165, 1.54) is 6.07 Å². The third kappa shape index (κ3) is 5.92. The minimum absolute atomic E-state index is 0.000890. The van der Waals surface area contributed by atoms with Crippen molar-refractivity contribution in [2.45, 2.75) is 44.7 Å². The highest BCUT2D eigenvalue weighted by molar-refractivity contribution is 7.95. The van der Waals surface area contributed by atoms with Gasteiger partial charge in [-0.15, -0.1) is 4.33 Å². The highest BCUT2D eigenvalue weighted by Gasteiger charge is 2.39. The highest BCUT2D eigenvalue weighted by atomic mass is 32.2. The number of nitrogens with zero attached hydrogens (tertiary/aromatic N) is 2. The molecule has 0 aliphatic carbocycles. The van der Waals surface area contributed by atoms with Crippen molar-refractivity contribution < 1.29 is 42.2 Å². The summed E-state index contributed by atoms with van der Waals surface area (Å²) in [5.74, 6) is -1.39. The van der Waals surface area contributed by atoms with Crippen LogP contribution < -0.4 is 19.6 Å². The van der Waals surface area contributed by atoms with Gasteiger partial charge in [-0.3, -0.25) is 0 Å². The number of carboxylic acids is 1. The summed E-state index contributed by atoms with van der Waals surface area (Å²) in [5, 5.41) is 25.0. The third-order valence-electron chi connectivity index (χ3n) is 9.41. The summed E-state index contributed by atoms with van der Waals surface area (Å²) >= 11 is 0.913. The number of carbonyl (C=O) groups is 1. The first-order chi connectivity index (χ1) is 22.0. The molecule has 47 heavy (non-hydrogen) atoms. The maximum absolute atomic E-state index is 12.5. The fraction of sp³-hybridized carbons (Fsp3) is 0.324. The second-order valence-corrected chi connectivity index (χ2v) is 15.2. The number of aromatic carboxylic acids is 1. The molecule has 0 spiro atoms. The minimum Gasteiger partial charge on any atom is -0.748 e. The number of ether oxygens (including phenoxy) is 1. The largest absolute Gasteiger partial charge is 0.748 e. The van der Waals surface area contributed by atoms with E-state index >= 15 is 0 Å². The third-order valence-corrected chi connectivity index (χ3v) is 10.7. The lowest BCUT2D eigenvalue weighted by atomic mass is 9.77. The molecule has 0 saturated heterocycles. The molecule has 1 atom stereocenters. The zero-order chi connectivity index (χ0) is 34.1. The molecule has 0 fully saturated rings. The number of benzene rings is 3. The molecule has 0 bridgehead atoms. The van der Waals surface area contributed by atoms with Crippen molar-refractivity contribution in [3.05, 3.63) is 94.1 Å². The smallest absolute Gasteiger partial charge is 0.133 e. The molecule has 11 nitrogen and oxygen atoms in total. The lowest BCUT2D eigenvalue weighted by Gasteiger charge is -2.43. The monoisotopic (exact) mass is 678 g/mol. The van der Waals surface area contributed by atoms with E-state index in [1.807, 2.05) is 51.0 Å². The Morgan fingerprint density at radius 3 is 1.98 bits per heavy atom. The van der Waals surface area contributed by atoms with Crippen LogP contribution in [0, 0.1) is 0 Å². The standard InChI is InChI=1S/C34H36N2O9S2/c1-33(2)15-19(17-46-45-44-39)23-11-25-29(13-27(23)35(33)5)43-30-14-28-24(20(18-47(40,41)42)16-34(3,4)36(28)6)12-26(30)31(25)21-9-7-8-10-22(21)32(37)38/h7-16,31,39H,17-18H2,1-6H3,(H,37,38)(H,40,41,42)/p-2. The molecule has 0 saturated carbocycles. The molecule has 3 aliphatic rings. The molecule has 3 aromatic carbocycles. The van der Waals surface area contributed by atoms with Gasteiger partial charge in [-0.2, -0.15) is 0 Å². The van der Waals surface area contributed by atoms with E-state index in [9.17, 15) is 22.9 Å². The zero-order valence-corrected chi connectivity index (χ0v) is 28.3. The van der Waals surface area contributed by atoms with Crippen LogP contribution in [-0.4, -0.2) is 60.9 Å². The zero-order valence-electron chi connectivity index (χ0n) is 26.7. The highest BCUT2D eigenvalue weighted by Crippen LogP contribution is 2.54. The van der Waals surface area contributed by atoms with Crippen molar-refractivity contribution in [2.24, 2.45) is 0 Å². The van der Waals surface area contributed by atoms with Crippen LogP contribution in [-0.2, 0) is 19.5 Å². The number of carboxylic acid groups (broad SMARTS) is 1. The molecule has 1 unspecified atom stereocenters. The van der Waals surface area contributed by atoms with E-state index in [1.54, 1.807) is 30.3 Å². The van der Waals surface area contributed by atoms with Gasteiger partial charge in [-0.05, 0) is 56.5 Å². The van der Waals surface area contributed by atoms with Gasteiger partial charge in [-0.25, -0.2) is 13.7 Å². The first kappa shape index (κ1) is 33.1. The number of rotatable bonds is 8. The Labute approximate surface area is 277 Å². The average molecular weight is 679 g/mol. The lowest BCUT2D eigenvalue weighted by Crippen LogP contribution is -2.43. The van der Waals surface area contributed by atoms with Gasteiger partial charge in [0.15, 0.2) is 0 Å². The molecular weight excluding hydrogens is 645 g/mol. The van der Waals surface area contributed by atoms with E-state index in [-0.39, 0.29) is 5.56 Å². The SMILES string of the molecule is CN1c2cc3c(cc2C(CSOOO)=CC1(C)C)C(c1ccccc1C(=O)[O-])c1cc2c(cc1O3)N(C)C(C)(C)C=C2CS(=O)(=O)[O-]. The number of likely N-dealkylation sites (N-methyl/N-ethyl adjacent to an activating group) is 2. The summed E-state index contributed by atoms with van der Waals surface area (Å²) < 4.78 is 47.5. The molecule has 3 aromatic rings. The van der Waals surface area contributed by atoms with Crippen LogP contribution in [0.2, 0.25) is 0 Å². The Morgan fingerprint density at radius 1 is 0.915 bits per heavy atom. The lowest BCUT2D eigenvalue weighted by molar-refractivity contribution is -0.432. The van der Waals surface area contributed by atoms with Gasteiger partial charge < -0.3 is 29.0 Å². The van der Waals surface area contributed by atoms with Crippen LogP contribution in [0.3, 0.4) is 0 Å². The number of hydrogen-bond donors (Lipinski definition) is 1. The summed E-state index contributed by atoms with van der Waals surface area (Å²) in [5.41, 5.74) is 4.93. The number of fused-ring (bicyclic) bond motifs is 4. The van der Waals surface area contributed by atoms with Gasteiger partial charge in [0.05, 0.1) is 32.9 Å². The van der Waals surface area contributed by atoms with Crippen LogP contribution in [0.5, 0.6) is 11.5 Å². The first-order valence-electron chi connectivity index (χ1n) is 14.8. The van der Waals surface area contributed by atoms with Gasteiger partial charge in [-0.1, -0.05) is 41.5 Å². The molecule has 3 aliphatic heterocycles. The van der Waals surface area contributed by atoms with E-state index in [2.05, 4.69) is 29.9 Å². The van der Waals surface area contributed by atoms with E-state index in [4.69, 9.17) is 14.3 Å². The fourth-order valence-corrected chi connectivity index (χ4v) is 7.86. The average Bonchev–Trinajstić information content (AvgIpc) is 2.99.